The molecule has 98 valence electrons. The van der Waals surface area contributed by atoms with Crippen molar-refractivity contribution in [3.05, 3.63) is 40.4 Å². The van der Waals surface area contributed by atoms with E-state index in [0.29, 0.717) is 5.02 Å². The molecular weight excluding hydrogens is 254 g/mol. The number of aliphatic hydroxyl groups is 2. The summed E-state index contributed by atoms with van der Waals surface area (Å²) in [6.07, 6.45) is 2.95. The Morgan fingerprint density at radius 3 is 2.67 bits per heavy atom. The van der Waals surface area contributed by atoms with Gasteiger partial charge < -0.3 is 15.5 Å². The second kappa shape index (κ2) is 7.16. The third-order valence-corrected chi connectivity index (χ3v) is 2.82. The van der Waals surface area contributed by atoms with Crippen LogP contribution >= 0.6 is 11.6 Å². The van der Waals surface area contributed by atoms with Crippen molar-refractivity contribution >= 4 is 23.6 Å². The number of amides is 1. The summed E-state index contributed by atoms with van der Waals surface area (Å²) >= 11 is 5.96. The van der Waals surface area contributed by atoms with Gasteiger partial charge in [-0.3, -0.25) is 4.79 Å². The summed E-state index contributed by atoms with van der Waals surface area (Å²) in [7, 11) is 0. The van der Waals surface area contributed by atoms with Crippen molar-refractivity contribution in [3.8, 4) is 0 Å². The van der Waals surface area contributed by atoms with Crippen molar-refractivity contribution < 1.29 is 15.0 Å². The molecular formula is C13H16ClNO3. The molecule has 0 aliphatic rings. The lowest BCUT2D eigenvalue weighted by atomic mass is 10.1. The van der Waals surface area contributed by atoms with E-state index in [4.69, 9.17) is 21.8 Å². The Kier molecular flexibility index (Phi) is 5.85. The lowest BCUT2D eigenvalue weighted by molar-refractivity contribution is -0.117. The first kappa shape index (κ1) is 14.7. The van der Waals surface area contributed by atoms with E-state index in [1.165, 1.54) is 6.08 Å². The van der Waals surface area contributed by atoms with Gasteiger partial charge >= 0.3 is 0 Å². The van der Waals surface area contributed by atoms with Gasteiger partial charge in [0.05, 0.1) is 19.3 Å². The third kappa shape index (κ3) is 4.49. The number of hydrogen-bond acceptors (Lipinski definition) is 3. The van der Waals surface area contributed by atoms with Gasteiger partial charge in [0, 0.05) is 11.1 Å². The second-order valence-corrected chi connectivity index (χ2v) is 4.32. The minimum absolute atomic E-state index is 0.299. The molecule has 0 saturated carbocycles. The fraction of sp³-hybridized carbons (Fsp3) is 0.308. The average Bonchev–Trinajstić information content (AvgIpc) is 2.37. The monoisotopic (exact) mass is 269 g/mol. The molecule has 0 aliphatic heterocycles. The quantitative estimate of drug-likeness (QED) is 0.702. The first-order valence-electron chi connectivity index (χ1n) is 5.53. The Labute approximate surface area is 111 Å². The molecule has 1 aromatic carbocycles. The zero-order valence-electron chi connectivity index (χ0n) is 10.1. The van der Waals surface area contributed by atoms with Gasteiger partial charge in [0.25, 0.3) is 0 Å². The number of benzene rings is 1. The number of aliphatic hydroxyl groups excluding tert-OH is 2. The summed E-state index contributed by atoms with van der Waals surface area (Å²) in [5, 5.41) is 20.7. The number of carbonyl (C=O) groups is 1. The van der Waals surface area contributed by atoms with Crippen molar-refractivity contribution in [1.29, 1.82) is 0 Å². The Morgan fingerprint density at radius 2 is 2.11 bits per heavy atom. The van der Waals surface area contributed by atoms with Crippen molar-refractivity contribution in [2.24, 2.45) is 0 Å². The number of aryl methyl sites for hydroxylation is 1. The van der Waals surface area contributed by atoms with E-state index in [9.17, 15) is 4.79 Å². The molecule has 5 heteroatoms. The molecule has 4 nitrogen and oxygen atoms in total. The zero-order chi connectivity index (χ0) is 13.5. The van der Waals surface area contributed by atoms with E-state index in [0.717, 1.165) is 11.1 Å². The van der Waals surface area contributed by atoms with Crippen LogP contribution in [0.2, 0.25) is 5.02 Å². The summed E-state index contributed by atoms with van der Waals surface area (Å²) in [5.74, 6) is -0.375. The maximum atomic E-state index is 11.4. The summed E-state index contributed by atoms with van der Waals surface area (Å²) in [6, 6.07) is 4.84. The van der Waals surface area contributed by atoms with Gasteiger partial charge in [-0.05, 0) is 30.2 Å². The molecule has 0 saturated heterocycles. The molecule has 3 N–H and O–H groups in total. The Morgan fingerprint density at radius 1 is 1.44 bits per heavy atom. The van der Waals surface area contributed by atoms with Crippen LogP contribution in [0.3, 0.4) is 0 Å². The molecule has 18 heavy (non-hydrogen) atoms. The average molecular weight is 270 g/mol. The largest absolute Gasteiger partial charge is 0.394 e. The van der Waals surface area contributed by atoms with E-state index in [1.807, 2.05) is 19.1 Å². The molecule has 0 atom stereocenters. The lowest BCUT2D eigenvalue weighted by Gasteiger charge is -2.10. The third-order valence-electron chi connectivity index (χ3n) is 2.41. The summed E-state index contributed by atoms with van der Waals surface area (Å²) in [6.45, 7) is 1.30. The number of hydrogen-bond donors (Lipinski definition) is 3. The van der Waals surface area contributed by atoms with Crippen LogP contribution in [0.15, 0.2) is 24.3 Å². The molecule has 0 heterocycles. The van der Waals surface area contributed by atoms with Crippen LogP contribution in [0.25, 0.3) is 6.08 Å². The molecule has 0 spiro atoms. The minimum Gasteiger partial charge on any atom is -0.394 e. The molecule has 0 unspecified atom stereocenters. The number of nitrogens with one attached hydrogen (secondary N) is 1. The molecule has 1 aromatic rings. The normalized spacial score (nSPS) is 11.2. The Hall–Kier alpha value is -1.36. The van der Waals surface area contributed by atoms with E-state index in [-0.39, 0.29) is 19.1 Å². The lowest BCUT2D eigenvalue weighted by Crippen LogP contribution is -2.39. The smallest absolute Gasteiger partial charge is 0.244 e. The SMILES string of the molecule is Cc1ccc(C=CC(=O)NC(CO)CO)cc1Cl. The highest BCUT2D eigenvalue weighted by Crippen LogP contribution is 2.17. The topological polar surface area (TPSA) is 69.6 Å². The van der Waals surface area contributed by atoms with Crippen LogP contribution in [-0.2, 0) is 4.79 Å². The molecule has 1 rings (SSSR count). The van der Waals surface area contributed by atoms with Crippen LogP contribution in [0.1, 0.15) is 11.1 Å². The molecule has 0 radical (unpaired) electrons. The van der Waals surface area contributed by atoms with Gasteiger partial charge in [-0.15, -0.1) is 0 Å². The van der Waals surface area contributed by atoms with Gasteiger partial charge in [0.2, 0.25) is 5.91 Å². The standard InChI is InChI=1S/C13H16ClNO3/c1-9-2-3-10(6-12(9)14)4-5-13(18)15-11(7-16)8-17/h2-6,11,16-17H,7-8H2,1H3,(H,15,18). The Bertz CT molecular complexity index is 442. The van der Waals surface area contributed by atoms with Gasteiger partial charge in [-0.25, -0.2) is 0 Å². The molecule has 1 amide bonds. The summed E-state index contributed by atoms with van der Waals surface area (Å²) in [4.78, 5) is 11.4. The van der Waals surface area contributed by atoms with E-state index >= 15 is 0 Å². The molecule has 0 aliphatic carbocycles. The van der Waals surface area contributed by atoms with Crippen LogP contribution in [0.4, 0.5) is 0 Å². The van der Waals surface area contributed by atoms with Crippen molar-refractivity contribution in [3.63, 3.8) is 0 Å². The highest BCUT2D eigenvalue weighted by molar-refractivity contribution is 6.31. The highest BCUT2D eigenvalue weighted by atomic mass is 35.5. The molecule has 0 bridgehead atoms. The van der Waals surface area contributed by atoms with Gasteiger partial charge in [0.15, 0.2) is 0 Å². The minimum atomic E-state index is -0.635. The predicted molar refractivity (Wildman–Crippen MR) is 71.3 cm³/mol. The van der Waals surface area contributed by atoms with Crippen molar-refractivity contribution in [2.45, 2.75) is 13.0 Å². The number of carbonyl (C=O) groups excluding carboxylic acids is 1. The van der Waals surface area contributed by atoms with Crippen LogP contribution in [0, 0.1) is 6.92 Å². The van der Waals surface area contributed by atoms with Crippen LogP contribution < -0.4 is 5.32 Å². The fourth-order valence-corrected chi connectivity index (χ4v) is 1.47. The summed E-state index contributed by atoms with van der Waals surface area (Å²) in [5.41, 5.74) is 1.78. The number of halogens is 1. The predicted octanol–water partition coefficient (Wildman–Crippen LogP) is 1.13. The first-order valence-corrected chi connectivity index (χ1v) is 5.91. The van der Waals surface area contributed by atoms with Crippen LogP contribution in [-0.4, -0.2) is 35.4 Å². The van der Waals surface area contributed by atoms with Gasteiger partial charge in [-0.1, -0.05) is 23.7 Å². The maximum absolute atomic E-state index is 11.4. The highest BCUT2D eigenvalue weighted by Gasteiger charge is 2.07. The molecule has 0 fully saturated rings. The van der Waals surface area contributed by atoms with Gasteiger partial charge in [-0.2, -0.15) is 0 Å². The van der Waals surface area contributed by atoms with E-state index in [2.05, 4.69) is 5.32 Å². The van der Waals surface area contributed by atoms with E-state index < -0.39 is 6.04 Å². The fourth-order valence-electron chi connectivity index (χ4n) is 1.28. The Balaban J connectivity index is 2.63. The zero-order valence-corrected chi connectivity index (χ0v) is 10.8. The van der Waals surface area contributed by atoms with Gasteiger partial charge in [0.1, 0.15) is 0 Å². The molecule has 0 aromatic heterocycles. The maximum Gasteiger partial charge on any atom is 0.244 e. The summed E-state index contributed by atoms with van der Waals surface area (Å²) < 4.78 is 0. The van der Waals surface area contributed by atoms with Crippen molar-refractivity contribution in [1.82, 2.24) is 5.32 Å². The number of rotatable bonds is 5. The van der Waals surface area contributed by atoms with Crippen LogP contribution in [0.5, 0.6) is 0 Å². The van der Waals surface area contributed by atoms with Crippen molar-refractivity contribution in [2.75, 3.05) is 13.2 Å². The first-order chi connectivity index (χ1) is 8.56. The second-order valence-electron chi connectivity index (χ2n) is 3.91. The van der Waals surface area contributed by atoms with E-state index in [1.54, 1.807) is 12.1 Å².